The molecule has 8 heteroatoms. The van der Waals surface area contributed by atoms with Gasteiger partial charge in [-0.1, -0.05) is 17.3 Å². The Kier molecular flexibility index (Phi) is 4.64. The fraction of sp³-hybridized carbons (Fsp3) is 0. The van der Waals surface area contributed by atoms with Gasteiger partial charge in [-0.2, -0.15) is 0 Å². The van der Waals surface area contributed by atoms with Crippen molar-refractivity contribution in [3.63, 3.8) is 0 Å². The molecule has 0 radical (unpaired) electrons. The van der Waals surface area contributed by atoms with E-state index in [0.29, 0.717) is 15.4 Å². The van der Waals surface area contributed by atoms with Crippen molar-refractivity contribution in [2.75, 3.05) is 0 Å². The van der Waals surface area contributed by atoms with Gasteiger partial charge in [-0.25, -0.2) is 18.0 Å². The highest BCUT2D eigenvalue weighted by Gasteiger charge is 2.18. The van der Waals surface area contributed by atoms with Crippen molar-refractivity contribution in [3.8, 4) is 17.0 Å². The van der Waals surface area contributed by atoms with Gasteiger partial charge in [0.25, 0.3) is 0 Å². The molecule has 0 amide bonds. The Morgan fingerprint density at radius 3 is 2.43 bits per heavy atom. The summed E-state index contributed by atoms with van der Waals surface area (Å²) in [6.45, 7) is 0. The first-order chi connectivity index (χ1) is 13.4. The molecular formula is C20H9BrF3NO3. The molecule has 0 N–H and O–H groups in total. The van der Waals surface area contributed by atoms with Gasteiger partial charge < -0.3 is 9.26 Å². The number of hydrogen-bond donors (Lipinski definition) is 0. The Hall–Kier alpha value is -3.13. The molecule has 0 unspecified atom stereocenters. The maximum atomic E-state index is 13.5. The number of carbonyl (C=O) groups excluding carboxylic acids is 1. The average Bonchev–Trinajstić information content (AvgIpc) is 3.09. The third-order valence-corrected chi connectivity index (χ3v) is 4.70. The fourth-order valence-corrected chi connectivity index (χ4v) is 3.12. The van der Waals surface area contributed by atoms with Crippen LogP contribution in [0.4, 0.5) is 13.2 Å². The van der Waals surface area contributed by atoms with E-state index >= 15 is 0 Å². The molecule has 0 atom stereocenters. The molecule has 4 aromatic rings. The molecule has 0 aliphatic heterocycles. The summed E-state index contributed by atoms with van der Waals surface area (Å²) in [5, 5.41) is 4.21. The molecule has 4 nitrogen and oxygen atoms in total. The molecule has 0 aliphatic carbocycles. The molecule has 0 saturated carbocycles. The summed E-state index contributed by atoms with van der Waals surface area (Å²) >= 11 is 3.28. The molecule has 0 saturated heterocycles. The number of benzene rings is 3. The number of halogens is 4. The van der Waals surface area contributed by atoms with Crippen LogP contribution >= 0.6 is 15.9 Å². The van der Waals surface area contributed by atoms with E-state index in [-0.39, 0.29) is 22.6 Å². The number of esters is 1. The first-order valence-electron chi connectivity index (χ1n) is 7.95. The Bertz CT molecular complexity index is 1200. The number of ether oxygens (including phenoxy) is 1. The van der Waals surface area contributed by atoms with Gasteiger partial charge in [0, 0.05) is 21.5 Å². The van der Waals surface area contributed by atoms with Gasteiger partial charge in [-0.05, 0) is 52.3 Å². The first-order valence-corrected chi connectivity index (χ1v) is 8.74. The number of carbonyl (C=O) groups is 1. The summed E-state index contributed by atoms with van der Waals surface area (Å²) in [6, 6.07) is 12.9. The van der Waals surface area contributed by atoms with Crippen LogP contribution in [0, 0.1) is 17.5 Å². The molecule has 28 heavy (non-hydrogen) atoms. The van der Waals surface area contributed by atoms with Crippen molar-refractivity contribution < 1.29 is 27.2 Å². The van der Waals surface area contributed by atoms with Crippen molar-refractivity contribution in [1.82, 2.24) is 5.16 Å². The van der Waals surface area contributed by atoms with Crippen LogP contribution in [0.3, 0.4) is 0 Å². The van der Waals surface area contributed by atoms with E-state index in [4.69, 9.17) is 9.26 Å². The second-order valence-electron chi connectivity index (χ2n) is 5.81. The van der Waals surface area contributed by atoms with Gasteiger partial charge in [0.1, 0.15) is 11.4 Å². The standard InChI is InChI=1S/C20H9BrF3NO3/c21-14-4-2-1-3-12(14)20(26)27-11-5-6-13-17(9-11)28-25-19(13)10-7-15(22)18(24)16(23)8-10/h1-9H. The normalized spacial score (nSPS) is 11.0. The van der Waals surface area contributed by atoms with Crippen LogP contribution in [0.15, 0.2) is 63.6 Å². The van der Waals surface area contributed by atoms with Gasteiger partial charge in [0.2, 0.25) is 0 Å². The molecule has 0 spiro atoms. The van der Waals surface area contributed by atoms with Crippen molar-refractivity contribution in [2.45, 2.75) is 0 Å². The van der Waals surface area contributed by atoms with Crippen LogP contribution in [0.5, 0.6) is 5.75 Å². The Morgan fingerprint density at radius 2 is 1.71 bits per heavy atom. The predicted molar refractivity (Wildman–Crippen MR) is 98.4 cm³/mol. The van der Waals surface area contributed by atoms with E-state index in [1.54, 1.807) is 24.3 Å². The van der Waals surface area contributed by atoms with E-state index in [0.717, 1.165) is 12.1 Å². The molecule has 4 rings (SSSR count). The zero-order chi connectivity index (χ0) is 19.8. The summed E-state index contributed by atoms with van der Waals surface area (Å²) < 4.78 is 51.3. The van der Waals surface area contributed by atoms with E-state index in [1.807, 2.05) is 0 Å². The maximum absolute atomic E-state index is 13.5. The summed E-state index contributed by atoms with van der Waals surface area (Å²) in [6.07, 6.45) is 0. The van der Waals surface area contributed by atoms with Gasteiger partial charge in [0.15, 0.2) is 23.0 Å². The molecule has 0 aliphatic rings. The smallest absolute Gasteiger partial charge is 0.344 e. The summed E-state index contributed by atoms with van der Waals surface area (Å²) in [4.78, 5) is 12.3. The highest BCUT2D eigenvalue weighted by atomic mass is 79.9. The van der Waals surface area contributed by atoms with Crippen molar-refractivity contribution >= 4 is 32.9 Å². The molecule has 140 valence electrons. The minimum absolute atomic E-state index is 0.0214. The molecule has 0 fully saturated rings. The number of rotatable bonds is 3. The minimum Gasteiger partial charge on any atom is -0.423 e. The Labute approximate surface area is 164 Å². The zero-order valence-corrected chi connectivity index (χ0v) is 15.5. The topological polar surface area (TPSA) is 52.3 Å². The van der Waals surface area contributed by atoms with Gasteiger partial charge in [0.05, 0.1) is 5.56 Å². The summed E-state index contributed by atoms with van der Waals surface area (Å²) in [5.74, 6) is -4.59. The maximum Gasteiger partial charge on any atom is 0.344 e. The highest BCUT2D eigenvalue weighted by molar-refractivity contribution is 9.10. The molecule has 1 heterocycles. The molecular weight excluding hydrogens is 439 g/mol. The minimum atomic E-state index is -1.56. The SMILES string of the molecule is O=C(Oc1ccc2c(-c3cc(F)c(F)c(F)c3)noc2c1)c1ccccc1Br. The van der Waals surface area contributed by atoms with Crippen LogP contribution in [0.1, 0.15) is 10.4 Å². The average molecular weight is 448 g/mol. The zero-order valence-electron chi connectivity index (χ0n) is 13.9. The lowest BCUT2D eigenvalue weighted by Crippen LogP contribution is -2.08. The quantitative estimate of drug-likeness (QED) is 0.223. The van der Waals surface area contributed by atoms with Gasteiger partial charge in [-0.3, -0.25) is 0 Å². The molecule has 1 aromatic heterocycles. The number of aromatic nitrogens is 1. The summed E-state index contributed by atoms with van der Waals surface area (Å²) in [5.41, 5.74) is 0.736. The number of fused-ring (bicyclic) bond motifs is 1. The van der Waals surface area contributed by atoms with Crippen molar-refractivity contribution in [2.24, 2.45) is 0 Å². The van der Waals surface area contributed by atoms with Crippen LogP contribution in [-0.4, -0.2) is 11.1 Å². The second kappa shape index (κ2) is 7.12. The van der Waals surface area contributed by atoms with E-state index in [1.165, 1.54) is 18.2 Å². The van der Waals surface area contributed by atoms with E-state index in [9.17, 15) is 18.0 Å². The monoisotopic (exact) mass is 447 g/mol. The van der Waals surface area contributed by atoms with Crippen LogP contribution in [-0.2, 0) is 0 Å². The van der Waals surface area contributed by atoms with Crippen LogP contribution < -0.4 is 4.74 Å². The first kappa shape index (κ1) is 18.2. The molecule has 3 aromatic carbocycles. The highest BCUT2D eigenvalue weighted by Crippen LogP contribution is 2.32. The van der Waals surface area contributed by atoms with Gasteiger partial charge in [-0.15, -0.1) is 0 Å². The lowest BCUT2D eigenvalue weighted by Gasteiger charge is -2.05. The number of nitrogens with zero attached hydrogens (tertiary/aromatic N) is 1. The second-order valence-corrected chi connectivity index (χ2v) is 6.67. The van der Waals surface area contributed by atoms with Crippen molar-refractivity contribution in [1.29, 1.82) is 0 Å². The van der Waals surface area contributed by atoms with E-state index < -0.39 is 23.4 Å². The van der Waals surface area contributed by atoms with Crippen LogP contribution in [0.2, 0.25) is 0 Å². The van der Waals surface area contributed by atoms with Crippen LogP contribution in [0.25, 0.3) is 22.2 Å². The fourth-order valence-electron chi connectivity index (χ4n) is 2.67. The third-order valence-electron chi connectivity index (χ3n) is 4.01. The lowest BCUT2D eigenvalue weighted by molar-refractivity contribution is 0.0734. The summed E-state index contributed by atoms with van der Waals surface area (Å²) in [7, 11) is 0. The third kappa shape index (κ3) is 3.27. The molecule has 0 bridgehead atoms. The lowest BCUT2D eigenvalue weighted by atomic mass is 10.1. The Morgan fingerprint density at radius 1 is 1.00 bits per heavy atom. The Balaban J connectivity index is 1.67. The largest absolute Gasteiger partial charge is 0.423 e. The van der Waals surface area contributed by atoms with Crippen molar-refractivity contribution in [3.05, 3.63) is 82.1 Å². The predicted octanol–water partition coefficient (Wildman–Crippen LogP) is 5.89. The number of hydrogen-bond acceptors (Lipinski definition) is 4. The van der Waals surface area contributed by atoms with Gasteiger partial charge >= 0.3 is 5.97 Å². The van der Waals surface area contributed by atoms with E-state index in [2.05, 4.69) is 21.1 Å².